The van der Waals surface area contributed by atoms with Gasteiger partial charge in [-0.1, -0.05) is 6.92 Å². The molecule has 1 atom stereocenters. The molecule has 6 heteroatoms. The average molecular weight is 304 g/mol. The summed E-state index contributed by atoms with van der Waals surface area (Å²) in [5.74, 6) is -0.124. The van der Waals surface area contributed by atoms with Gasteiger partial charge in [0.25, 0.3) is 5.91 Å². The average Bonchev–Trinajstić information content (AvgIpc) is 2.74. The number of carbonyl (C=O) groups is 2. The van der Waals surface area contributed by atoms with E-state index in [1.54, 1.807) is 4.90 Å². The summed E-state index contributed by atoms with van der Waals surface area (Å²) in [6.07, 6.45) is 5.60. The van der Waals surface area contributed by atoms with Crippen LogP contribution in [0.3, 0.4) is 0 Å². The number of aromatic nitrogens is 2. The van der Waals surface area contributed by atoms with Crippen LogP contribution < -0.4 is 5.32 Å². The van der Waals surface area contributed by atoms with Crippen molar-refractivity contribution < 1.29 is 9.59 Å². The van der Waals surface area contributed by atoms with Crippen molar-refractivity contribution in [3.05, 3.63) is 17.0 Å². The van der Waals surface area contributed by atoms with Crippen LogP contribution in [0.2, 0.25) is 0 Å². The number of fused-ring (bicyclic) bond motifs is 1. The van der Waals surface area contributed by atoms with Gasteiger partial charge in [0.05, 0.1) is 0 Å². The Kier molecular flexibility index (Phi) is 4.18. The zero-order valence-electron chi connectivity index (χ0n) is 13.4. The number of aryl methyl sites for hydroxylation is 1. The fourth-order valence-corrected chi connectivity index (χ4v) is 3.61. The van der Waals surface area contributed by atoms with E-state index in [9.17, 15) is 9.59 Å². The number of amides is 2. The van der Waals surface area contributed by atoms with Crippen LogP contribution in [0.5, 0.6) is 0 Å². The van der Waals surface area contributed by atoms with Crippen molar-refractivity contribution in [2.75, 3.05) is 13.1 Å². The van der Waals surface area contributed by atoms with Crippen molar-refractivity contribution in [1.29, 1.82) is 0 Å². The second-order valence-electron chi connectivity index (χ2n) is 6.17. The van der Waals surface area contributed by atoms with Gasteiger partial charge in [0.1, 0.15) is 6.04 Å². The monoisotopic (exact) mass is 304 g/mol. The highest BCUT2D eigenvalue weighted by molar-refractivity contribution is 5.97. The summed E-state index contributed by atoms with van der Waals surface area (Å²) < 4.78 is 1.85. The molecule has 0 spiro atoms. The Morgan fingerprint density at radius 1 is 1.32 bits per heavy atom. The first kappa shape index (κ1) is 15.1. The molecule has 1 aliphatic carbocycles. The van der Waals surface area contributed by atoms with Gasteiger partial charge in [0.2, 0.25) is 5.91 Å². The van der Waals surface area contributed by atoms with Crippen LogP contribution in [0.25, 0.3) is 0 Å². The molecule has 1 aliphatic heterocycles. The Morgan fingerprint density at radius 3 is 2.86 bits per heavy atom. The van der Waals surface area contributed by atoms with E-state index in [0.29, 0.717) is 25.2 Å². The fraction of sp³-hybridized carbons (Fsp3) is 0.688. The van der Waals surface area contributed by atoms with Crippen molar-refractivity contribution >= 4 is 11.8 Å². The topological polar surface area (TPSA) is 67.2 Å². The Hall–Kier alpha value is -1.85. The molecular weight excluding hydrogens is 280 g/mol. The highest BCUT2D eigenvalue weighted by atomic mass is 16.2. The summed E-state index contributed by atoms with van der Waals surface area (Å²) in [5, 5.41) is 7.38. The molecule has 0 aromatic carbocycles. The van der Waals surface area contributed by atoms with Crippen molar-refractivity contribution in [2.24, 2.45) is 7.05 Å². The summed E-state index contributed by atoms with van der Waals surface area (Å²) in [6, 6.07) is -0.378. The lowest BCUT2D eigenvalue weighted by Gasteiger charge is -2.27. The molecule has 0 unspecified atom stereocenters. The number of hydrogen-bond donors (Lipinski definition) is 1. The van der Waals surface area contributed by atoms with E-state index >= 15 is 0 Å². The molecule has 0 bridgehead atoms. The zero-order valence-corrected chi connectivity index (χ0v) is 13.4. The molecular formula is C16H24N4O2. The molecule has 2 heterocycles. The third kappa shape index (κ3) is 2.51. The maximum absolute atomic E-state index is 13.0. The van der Waals surface area contributed by atoms with E-state index in [1.807, 2.05) is 18.7 Å². The number of nitrogens with one attached hydrogen (secondary N) is 1. The van der Waals surface area contributed by atoms with Gasteiger partial charge in [0.15, 0.2) is 5.69 Å². The second-order valence-corrected chi connectivity index (χ2v) is 6.17. The van der Waals surface area contributed by atoms with Crippen molar-refractivity contribution in [1.82, 2.24) is 20.0 Å². The summed E-state index contributed by atoms with van der Waals surface area (Å²) in [7, 11) is 1.91. The SMILES string of the molecule is CC[C@@H]1C(=O)NCCCN1C(=O)c1nn(C)c2c1CCCC2. The Bertz CT molecular complexity index is 593. The van der Waals surface area contributed by atoms with Gasteiger partial charge < -0.3 is 10.2 Å². The molecule has 3 rings (SSSR count). The summed E-state index contributed by atoms with van der Waals surface area (Å²) in [4.78, 5) is 26.9. The van der Waals surface area contributed by atoms with Crippen LogP contribution in [0.1, 0.15) is 54.4 Å². The molecule has 2 amide bonds. The largest absolute Gasteiger partial charge is 0.354 e. The molecule has 120 valence electrons. The molecule has 6 nitrogen and oxygen atoms in total. The molecule has 0 saturated carbocycles. The first-order chi connectivity index (χ1) is 10.6. The van der Waals surface area contributed by atoms with Crippen molar-refractivity contribution in [3.63, 3.8) is 0 Å². The number of carbonyl (C=O) groups excluding carboxylic acids is 2. The van der Waals surface area contributed by atoms with E-state index in [0.717, 1.165) is 37.7 Å². The van der Waals surface area contributed by atoms with Gasteiger partial charge >= 0.3 is 0 Å². The zero-order chi connectivity index (χ0) is 15.7. The quantitative estimate of drug-likeness (QED) is 0.888. The van der Waals surface area contributed by atoms with Crippen molar-refractivity contribution in [3.8, 4) is 0 Å². The van der Waals surface area contributed by atoms with Gasteiger partial charge in [-0.3, -0.25) is 14.3 Å². The molecule has 1 aromatic rings. The molecule has 1 saturated heterocycles. The normalized spacial score (nSPS) is 22.0. The molecule has 1 fully saturated rings. The highest BCUT2D eigenvalue weighted by Gasteiger charge is 2.34. The summed E-state index contributed by atoms with van der Waals surface area (Å²) in [5.41, 5.74) is 2.84. The van der Waals surface area contributed by atoms with Gasteiger partial charge in [-0.05, 0) is 38.5 Å². The molecule has 0 radical (unpaired) electrons. The smallest absolute Gasteiger partial charge is 0.275 e. The minimum Gasteiger partial charge on any atom is -0.354 e. The highest BCUT2D eigenvalue weighted by Crippen LogP contribution is 2.25. The fourth-order valence-electron chi connectivity index (χ4n) is 3.61. The Morgan fingerprint density at radius 2 is 2.09 bits per heavy atom. The third-order valence-electron chi connectivity index (χ3n) is 4.77. The van der Waals surface area contributed by atoms with Gasteiger partial charge in [-0.25, -0.2) is 0 Å². The molecule has 1 N–H and O–H groups in total. The van der Waals surface area contributed by atoms with Crippen molar-refractivity contribution in [2.45, 2.75) is 51.5 Å². The van der Waals surface area contributed by atoms with E-state index in [4.69, 9.17) is 0 Å². The molecule has 2 aliphatic rings. The molecule has 22 heavy (non-hydrogen) atoms. The predicted octanol–water partition coefficient (Wildman–Crippen LogP) is 1.04. The summed E-state index contributed by atoms with van der Waals surface area (Å²) in [6.45, 7) is 3.20. The minimum atomic E-state index is -0.378. The maximum Gasteiger partial charge on any atom is 0.275 e. The number of hydrogen-bond acceptors (Lipinski definition) is 3. The van der Waals surface area contributed by atoms with E-state index < -0.39 is 0 Å². The van der Waals surface area contributed by atoms with Gasteiger partial charge in [-0.15, -0.1) is 0 Å². The standard InChI is InChI=1S/C16H24N4O2/c1-3-12-15(21)17-9-6-10-20(12)16(22)14-11-7-4-5-8-13(11)19(2)18-14/h12H,3-10H2,1-2H3,(H,17,21)/t12-/m1/s1. The van der Waals surface area contributed by atoms with Crippen LogP contribution in [-0.4, -0.2) is 45.6 Å². The van der Waals surface area contributed by atoms with E-state index in [-0.39, 0.29) is 17.9 Å². The van der Waals surface area contributed by atoms with Crippen LogP contribution >= 0.6 is 0 Å². The minimum absolute atomic E-state index is 0.0434. The lowest BCUT2D eigenvalue weighted by atomic mass is 9.95. The number of rotatable bonds is 2. The predicted molar refractivity (Wildman–Crippen MR) is 82.6 cm³/mol. The summed E-state index contributed by atoms with van der Waals surface area (Å²) >= 11 is 0. The van der Waals surface area contributed by atoms with E-state index in [1.165, 1.54) is 5.69 Å². The first-order valence-electron chi connectivity index (χ1n) is 8.27. The Labute approximate surface area is 130 Å². The van der Waals surface area contributed by atoms with Crippen LogP contribution in [0, 0.1) is 0 Å². The maximum atomic E-state index is 13.0. The number of nitrogens with zero attached hydrogens (tertiary/aromatic N) is 3. The third-order valence-corrected chi connectivity index (χ3v) is 4.77. The second kappa shape index (κ2) is 6.10. The van der Waals surface area contributed by atoms with Crippen LogP contribution in [-0.2, 0) is 24.7 Å². The van der Waals surface area contributed by atoms with Gasteiger partial charge in [-0.2, -0.15) is 5.10 Å². The lowest BCUT2D eigenvalue weighted by Crippen LogP contribution is -2.47. The van der Waals surface area contributed by atoms with Crippen LogP contribution in [0.4, 0.5) is 0 Å². The van der Waals surface area contributed by atoms with E-state index in [2.05, 4.69) is 10.4 Å². The van der Waals surface area contributed by atoms with Gasteiger partial charge in [0, 0.05) is 31.4 Å². The Balaban J connectivity index is 1.94. The lowest BCUT2D eigenvalue weighted by molar-refractivity contribution is -0.124. The first-order valence-corrected chi connectivity index (χ1v) is 8.27. The molecule has 1 aromatic heterocycles. The van der Waals surface area contributed by atoms with Crippen LogP contribution in [0.15, 0.2) is 0 Å².